The Kier molecular flexibility index (Phi) is 6.82. The number of halogens is 1. The quantitative estimate of drug-likeness (QED) is 0.540. The highest BCUT2D eigenvalue weighted by Gasteiger charge is 2.20. The van der Waals surface area contributed by atoms with Gasteiger partial charge in [0, 0.05) is 25.1 Å². The van der Waals surface area contributed by atoms with Crippen molar-refractivity contribution in [3.05, 3.63) is 0 Å². The molecule has 1 saturated heterocycles. The Morgan fingerprint density at radius 3 is 2.93 bits per heavy atom. The van der Waals surface area contributed by atoms with Crippen LogP contribution in [0.2, 0.25) is 0 Å². The minimum Gasteiger partial charge on any atom is -0.385 e. The first-order valence-electron chi connectivity index (χ1n) is 5.67. The van der Waals surface area contributed by atoms with E-state index in [0.29, 0.717) is 0 Å². The number of ether oxygens (including phenoxy) is 1. The lowest BCUT2D eigenvalue weighted by atomic mass is 10.0. The summed E-state index contributed by atoms with van der Waals surface area (Å²) in [5, 5.41) is 1.14. The maximum absolute atomic E-state index is 5.06. The summed E-state index contributed by atoms with van der Waals surface area (Å²) in [6.45, 7) is 3.45. The van der Waals surface area contributed by atoms with Gasteiger partial charge < -0.3 is 4.74 Å². The molecule has 3 heteroatoms. The molecule has 1 aliphatic heterocycles. The largest absolute Gasteiger partial charge is 0.385 e. The summed E-state index contributed by atoms with van der Waals surface area (Å²) < 4.78 is 5.06. The number of nitrogens with zero attached hydrogens (tertiary/aromatic N) is 1. The lowest BCUT2D eigenvalue weighted by molar-refractivity contribution is 0.148. The van der Waals surface area contributed by atoms with E-state index in [-0.39, 0.29) is 0 Å². The number of rotatable bonds is 6. The lowest BCUT2D eigenvalue weighted by Crippen LogP contribution is -2.41. The first-order chi connectivity index (χ1) is 6.88. The van der Waals surface area contributed by atoms with Crippen LogP contribution in [0.1, 0.15) is 32.1 Å². The fraction of sp³-hybridized carbons (Fsp3) is 1.00. The van der Waals surface area contributed by atoms with Crippen LogP contribution in [0.25, 0.3) is 0 Å². The van der Waals surface area contributed by atoms with Crippen molar-refractivity contribution in [1.29, 1.82) is 0 Å². The average molecular weight is 264 g/mol. The molecule has 1 unspecified atom stereocenters. The smallest absolute Gasteiger partial charge is 0.0462 e. The second kappa shape index (κ2) is 7.66. The van der Waals surface area contributed by atoms with Crippen LogP contribution in [0.4, 0.5) is 0 Å². The van der Waals surface area contributed by atoms with Crippen molar-refractivity contribution in [3.63, 3.8) is 0 Å². The number of hydrogen-bond acceptors (Lipinski definition) is 2. The van der Waals surface area contributed by atoms with Crippen molar-refractivity contribution >= 4 is 15.9 Å². The van der Waals surface area contributed by atoms with Gasteiger partial charge in [0.25, 0.3) is 0 Å². The molecule has 0 bridgehead atoms. The van der Waals surface area contributed by atoms with E-state index < -0.39 is 0 Å². The van der Waals surface area contributed by atoms with Crippen LogP contribution >= 0.6 is 15.9 Å². The third-order valence-electron chi connectivity index (χ3n) is 2.97. The van der Waals surface area contributed by atoms with Crippen LogP contribution in [0.5, 0.6) is 0 Å². The molecule has 0 aliphatic carbocycles. The molecule has 1 aliphatic rings. The Morgan fingerprint density at radius 2 is 2.21 bits per heavy atom. The Labute approximate surface area is 96.1 Å². The minimum absolute atomic E-state index is 0.784. The zero-order valence-corrected chi connectivity index (χ0v) is 10.8. The topological polar surface area (TPSA) is 12.5 Å². The van der Waals surface area contributed by atoms with Crippen molar-refractivity contribution < 1.29 is 4.74 Å². The summed E-state index contributed by atoms with van der Waals surface area (Å²) in [6, 6.07) is 0.784. The molecule has 1 atom stereocenters. The molecule has 0 N–H and O–H groups in total. The highest BCUT2D eigenvalue weighted by atomic mass is 79.9. The summed E-state index contributed by atoms with van der Waals surface area (Å²) in [5.74, 6) is 0. The number of hydrogen-bond donors (Lipinski definition) is 0. The predicted octanol–water partition coefficient (Wildman–Crippen LogP) is 2.66. The van der Waals surface area contributed by atoms with E-state index in [1.807, 2.05) is 0 Å². The zero-order chi connectivity index (χ0) is 10.2. The first kappa shape index (κ1) is 12.5. The third kappa shape index (κ3) is 4.28. The van der Waals surface area contributed by atoms with Gasteiger partial charge in [0.05, 0.1) is 0 Å². The van der Waals surface area contributed by atoms with Crippen molar-refractivity contribution in [3.8, 4) is 0 Å². The molecular formula is C11H22BrNO. The van der Waals surface area contributed by atoms with Crippen LogP contribution in [0.3, 0.4) is 0 Å². The zero-order valence-electron chi connectivity index (χ0n) is 9.17. The van der Waals surface area contributed by atoms with E-state index >= 15 is 0 Å². The number of unbranched alkanes of at least 4 members (excludes halogenated alkanes) is 1. The molecular weight excluding hydrogens is 242 g/mol. The lowest BCUT2D eigenvalue weighted by Gasteiger charge is -2.34. The fourth-order valence-electron chi connectivity index (χ4n) is 2.09. The number of likely N-dealkylation sites (tertiary alicyclic amines) is 1. The van der Waals surface area contributed by atoms with Crippen molar-refractivity contribution in [1.82, 2.24) is 4.90 Å². The van der Waals surface area contributed by atoms with E-state index in [1.165, 1.54) is 45.2 Å². The summed E-state index contributed by atoms with van der Waals surface area (Å²) in [7, 11) is 1.78. The van der Waals surface area contributed by atoms with Crippen LogP contribution in [-0.4, -0.2) is 43.1 Å². The van der Waals surface area contributed by atoms with Gasteiger partial charge in [-0.25, -0.2) is 0 Å². The second-order valence-corrected chi connectivity index (χ2v) is 4.69. The molecule has 1 rings (SSSR count). The molecule has 0 radical (unpaired) electrons. The molecule has 2 nitrogen and oxygen atoms in total. The van der Waals surface area contributed by atoms with Crippen LogP contribution in [0, 0.1) is 0 Å². The average Bonchev–Trinajstić information content (AvgIpc) is 2.25. The Balaban J connectivity index is 2.13. The Hall–Kier alpha value is 0.400. The summed E-state index contributed by atoms with van der Waals surface area (Å²) in [6.07, 6.45) is 6.63. The number of alkyl halides is 1. The van der Waals surface area contributed by atoms with Gasteiger partial charge in [0.15, 0.2) is 0 Å². The van der Waals surface area contributed by atoms with E-state index in [2.05, 4.69) is 20.8 Å². The third-order valence-corrected chi connectivity index (χ3v) is 3.72. The highest BCUT2D eigenvalue weighted by molar-refractivity contribution is 9.09. The molecule has 14 heavy (non-hydrogen) atoms. The van der Waals surface area contributed by atoms with Gasteiger partial charge in [-0.3, -0.25) is 4.90 Å². The van der Waals surface area contributed by atoms with E-state index in [9.17, 15) is 0 Å². The molecule has 84 valence electrons. The SMILES string of the molecule is COCCCCN1CCCCC1CBr. The summed E-state index contributed by atoms with van der Waals surface area (Å²) in [5.41, 5.74) is 0. The number of methoxy groups -OCH3 is 1. The fourth-order valence-corrected chi connectivity index (χ4v) is 2.82. The van der Waals surface area contributed by atoms with E-state index in [0.717, 1.165) is 18.0 Å². The van der Waals surface area contributed by atoms with Crippen molar-refractivity contribution in [2.45, 2.75) is 38.1 Å². The van der Waals surface area contributed by atoms with Gasteiger partial charge in [-0.1, -0.05) is 22.4 Å². The van der Waals surface area contributed by atoms with Gasteiger partial charge in [-0.05, 0) is 38.8 Å². The van der Waals surface area contributed by atoms with Crippen LogP contribution in [0.15, 0.2) is 0 Å². The first-order valence-corrected chi connectivity index (χ1v) is 6.79. The van der Waals surface area contributed by atoms with Gasteiger partial charge >= 0.3 is 0 Å². The molecule has 0 spiro atoms. The predicted molar refractivity (Wildman–Crippen MR) is 64.1 cm³/mol. The molecule has 1 heterocycles. The summed E-state index contributed by atoms with van der Waals surface area (Å²) in [4.78, 5) is 2.63. The maximum Gasteiger partial charge on any atom is 0.0462 e. The van der Waals surface area contributed by atoms with Gasteiger partial charge in [-0.2, -0.15) is 0 Å². The van der Waals surface area contributed by atoms with E-state index in [1.54, 1.807) is 7.11 Å². The van der Waals surface area contributed by atoms with Crippen molar-refractivity contribution in [2.75, 3.05) is 32.1 Å². The Morgan fingerprint density at radius 1 is 1.36 bits per heavy atom. The maximum atomic E-state index is 5.06. The molecule has 0 amide bonds. The normalized spacial score (nSPS) is 24.0. The molecule has 0 aromatic carbocycles. The second-order valence-electron chi connectivity index (χ2n) is 4.04. The number of piperidine rings is 1. The molecule has 0 aromatic rings. The molecule has 0 saturated carbocycles. The van der Waals surface area contributed by atoms with Crippen molar-refractivity contribution in [2.24, 2.45) is 0 Å². The van der Waals surface area contributed by atoms with Gasteiger partial charge in [0.1, 0.15) is 0 Å². The monoisotopic (exact) mass is 263 g/mol. The molecule has 1 fully saturated rings. The minimum atomic E-state index is 0.784. The standard InChI is InChI=1S/C11H22BrNO/c1-14-9-5-4-8-13-7-3-2-6-11(13)10-12/h11H,2-10H2,1H3. The van der Waals surface area contributed by atoms with Gasteiger partial charge in [-0.15, -0.1) is 0 Å². The van der Waals surface area contributed by atoms with Crippen LogP contribution < -0.4 is 0 Å². The van der Waals surface area contributed by atoms with E-state index in [4.69, 9.17) is 4.74 Å². The van der Waals surface area contributed by atoms with Gasteiger partial charge in [0.2, 0.25) is 0 Å². The molecule has 0 aromatic heterocycles. The highest BCUT2D eigenvalue weighted by Crippen LogP contribution is 2.18. The van der Waals surface area contributed by atoms with Crippen LogP contribution in [-0.2, 0) is 4.74 Å². The summed E-state index contributed by atoms with van der Waals surface area (Å²) >= 11 is 3.61. The Bertz CT molecular complexity index is 143.